The monoisotopic (exact) mass is 231 g/mol. The minimum absolute atomic E-state index is 0.293. The van der Waals surface area contributed by atoms with E-state index in [1.54, 1.807) is 6.20 Å². The van der Waals surface area contributed by atoms with E-state index in [0.717, 1.165) is 29.6 Å². The van der Waals surface area contributed by atoms with Crippen molar-refractivity contribution in [3.8, 4) is 0 Å². The summed E-state index contributed by atoms with van der Waals surface area (Å²) in [6.07, 6.45) is 3.66. The summed E-state index contributed by atoms with van der Waals surface area (Å²) in [6, 6.07) is 3.96. The van der Waals surface area contributed by atoms with Crippen molar-refractivity contribution in [2.24, 2.45) is 0 Å². The third-order valence-corrected chi connectivity index (χ3v) is 2.84. The predicted octanol–water partition coefficient (Wildman–Crippen LogP) is -0.106. The summed E-state index contributed by atoms with van der Waals surface area (Å²) in [4.78, 5) is 7.35. The first-order chi connectivity index (χ1) is 8.45. The van der Waals surface area contributed by atoms with Gasteiger partial charge in [0.05, 0.1) is 0 Å². The van der Waals surface area contributed by atoms with Crippen LogP contribution in [0.2, 0.25) is 0 Å². The number of fused-ring (bicyclic) bond motifs is 1. The highest BCUT2D eigenvalue weighted by Crippen LogP contribution is 2.08. The zero-order chi connectivity index (χ0) is 11.5. The quantitative estimate of drug-likeness (QED) is 0.672. The first-order valence-electron chi connectivity index (χ1n) is 5.81. The van der Waals surface area contributed by atoms with E-state index in [1.807, 2.05) is 18.3 Å². The fraction of sp³-hybridized carbons (Fsp3) is 0.364. The van der Waals surface area contributed by atoms with Crippen LogP contribution in [0.25, 0.3) is 11.0 Å². The molecule has 0 amide bonds. The van der Waals surface area contributed by atoms with E-state index in [4.69, 9.17) is 9.31 Å². The largest absolute Gasteiger partial charge is 0.494 e. The Kier molecular flexibility index (Phi) is 3.09. The normalized spacial score (nSPS) is 18.0. The number of nitrogens with one attached hydrogen (secondary N) is 2. The smallest absolute Gasteiger partial charge is 0.406 e. The number of aromatic amines is 1. The molecule has 0 unspecified atom stereocenters. The van der Waals surface area contributed by atoms with Gasteiger partial charge in [0.2, 0.25) is 0 Å². The number of pyridine rings is 1. The summed E-state index contributed by atoms with van der Waals surface area (Å²) < 4.78 is 11.4. The van der Waals surface area contributed by atoms with Gasteiger partial charge in [-0.2, -0.15) is 0 Å². The van der Waals surface area contributed by atoms with Crippen molar-refractivity contribution in [1.29, 1.82) is 0 Å². The fourth-order valence-corrected chi connectivity index (χ4v) is 2.02. The Hall–Kier alpha value is -1.37. The molecular weight excluding hydrogens is 217 g/mol. The molecule has 2 aromatic heterocycles. The molecule has 3 heterocycles. The number of hydrogen-bond acceptors (Lipinski definition) is 4. The molecule has 0 aliphatic carbocycles. The summed E-state index contributed by atoms with van der Waals surface area (Å²) in [7, 11) is -0.293. The van der Waals surface area contributed by atoms with E-state index in [-0.39, 0.29) is 7.12 Å². The average molecular weight is 231 g/mol. The molecular formula is C11H14BN3O2. The molecule has 5 nitrogen and oxygen atoms in total. The molecule has 1 saturated heterocycles. The van der Waals surface area contributed by atoms with Gasteiger partial charge in [-0.3, -0.25) is 0 Å². The second-order valence-electron chi connectivity index (χ2n) is 3.96. The summed E-state index contributed by atoms with van der Waals surface area (Å²) in [5, 5.41) is 4.28. The van der Waals surface area contributed by atoms with E-state index in [9.17, 15) is 0 Å². The Morgan fingerprint density at radius 1 is 1.18 bits per heavy atom. The van der Waals surface area contributed by atoms with Crippen molar-refractivity contribution in [3.05, 3.63) is 24.5 Å². The van der Waals surface area contributed by atoms with E-state index in [0.29, 0.717) is 13.2 Å². The Bertz CT molecular complexity index is 494. The van der Waals surface area contributed by atoms with Gasteiger partial charge in [0.15, 0.2) is 0 Å². The van der Waals surface area contributed by atoms with Gasteiger partial charge in [-0.1, -0.05) is 0 Å². The van der Waals surface area contributed by atoms with Crippen LogP contribution in [0.4, 0.5) is 0 Å². The van der Waals surface area contributed by atoms with Crippen molar-refractivity contribution in [1.82, 2.24) is 15.3 Å². The van der Waals surface area contributed by atoms with Crippen LogP contribution in [-0.4, -0.2) is 43.4 Å². The van der Waals surface area contributed by atoms with E-state index < -0.39 is 0 Å². The topological polar surface area (TPSA) is 59.2 Å². The number of H-pyrrole nitrogens is 1. The lowest BCUT2D eigenvalue weighted by Crippen LogP contribution is -2.43. The average Bonchev–Trinajstić information content (AvgIpc) is 2.76. The van der Waals surface area contributed by atoms with E-state index in [1.165, 1.54) is 0 Å². The molecule has 0 atom stereocenters. The maximum atomic E-state index is 5.72. The maximum Gasteiger partial charge on any atom is 0.494 e. The first kappa shape index (κ1) is 10.8. The number of nitrogens with zero attached hydrogens (tertiary/aromatic N) is 1. The Morgan fingerprint density at radius 3 is 2.82 bits per heavy atom. The molecule has 1 fully saturated rings. The number of rotatable bonds is 1. The van der Waals surface area contributed by atoms with Crippen LogP contribution in [-0.2, 0) is 9.31 Å². The van der Waals surface area contributed by atoms with Gasteiger partial charge < -0.3 is 19.6 Å². The Balaban J connectivity index is 1.92. The highest BCUT2D eigenvalue weighted by molar-refractivity contribution is 6.64. The van der Waals surface area contributed by atoms with Gasteiger partial charge in [-0.25, -0.2) is 4.98 Å². The van der Waals surface area contributed by atoms with Crippen LogP contribution in [0.5, 0.6) is 0 Å². The van der Waals surface area contributed by atoms with Crippen LogP contribution in [0.15, 0.2) is 24.5 Å². The third kappa shape index (κ3) is 2.19. The second kappa shape index (κ2) is 4.87. The molecule has 0 radical (unpaired) electrons. The van der Waals surface area contributed by atoms with Gasteiger partial charge in [0.25, 0.3) is 0 Å². The minimum atomic E-state index is -0.293. The van der Waals surface area contributed by atoms with E-state index >= 15 is 0 Å². The SMILES string of the molecule is c1cc(B2OCCNCCO2)c2cc[nH]c2n1. The van der Waals surface area contributed by atoms with Crippen molar-refractivity contribution in [2.75, 3.05) is 26.3 Å². The van der Waals surface area contributed by atoms with Gasteiger partial charge in [-0.05, 0) is 17.6 Å². The molecule has 6 heteroatoms. The highest BCUT2D eigenvalue weighted by Gasteiger charge is 2.24. The lowest BCUT2D eigenvalue weighted by atomic mass is 9.77. The summed E-state index contributed by atoms with van der Waals surface area (Å²) >= 11 is 0. The van der Waals surface area contributed by atoms with Crippen molar-refractivity contribution in [2.45, 2.75) is 0 Å². The molecule has 0 bridgehead atoms. The van der Waals surface area contributed by atoms with E-state index in [2.05, 4.69) is 15.3 Å². The molecule has 0 saturated carbocycles. The molecule has 2 N–H and O–H groups in total. The number of hydrogen-bond donors (Lipinski definition) is 2. The molecule has 1 aliphatic heterocycles. The van der Waals surface area contributed by atoms with Gasteiger partial charge in [-0.15, -0.1) is 0 Å². The van der Waals surface area contributed by atoms with Crippen LogP contribution in [0.1, 0.15) is 0 Å². The van der Waals surface area contributed by atoms with Gasteiger partial charge in [0, 0.05) is 44.1 Å². The standard InChI is InChI=1S/C11H14BN3O2/c1-3-14-11-9(1)10(2-4-15-11)12-16-7-5-13-6-8-17-12/h1-4,13H,5-8H2,(H,14,15). The molecule has 0 spiro atoms. The Morgan fingerprint density at radius 2 is 2.00 bits per heavy atom. The third-order valence-electron chi connectivity index (χ3n) is 2.84. The molecule has 0 aromatic carbocycles. The molecule has 1 aliphatic rings. The highest BCUT2D eigenvalue weighted by atomic mass is 16.6. The summed E-state index contributed by atoms with van der Waals surface area (Å²) in [5.74, 6) is 0. The molecule has 88 valence electrons. The van der Waals surface area contributed by atoms with Crippen molar-refractivity contribution < 1.29 is 9.31 Å². The van der Waals surface area contributed by atoms with Crippen LogP contribution in [0.3, 0.4) is 0 Å². The fourth-order valence-electron chi connectivity index (χ4n) is 2.02. The first-order valence-corrected chi connectivity index (χ1v) is 5.81. The maximum absolute atomic E-state index is 5.72. The van der Waals surface area contributed by atoms with Gasteiger partial charge >= 0.3 is 7.12 Å². The zero-order valence-electron chi connectivity index (χ0n) is 9.48. The minimum Gasteiger partial charge on any atom is -0.406 e. The van der Waals surface area contributed by atoms with Crippen molar-refractivity contribution >= 4 is 23.6 Å². The molecule has 3 rings (SSSR count). The number of aromatic nitrogens is 2. The van der Waals surface area contributed by atoms with Crippen LogP contribution >= 0.6 is 0 Å². The lowest BCUT2D eigenvalue weighted by molar-refractivity contribution is 0.187. The second-order valence-corrected chi connectivity index (χ2v) is 3.96. The lowest BCUT2D eigenvalue weighted by Gasteiger charge is -2.19. The predicted molar refractivity (Wildman–Crippen MR) is 66.3 cm³/mol. The summed E-state index contributed by atoms with van der Waals surface area (Å²) in [6.45, 7) is 3.03. The van der Waals surface area contributed by atoms with Crippen LogP contribution in [0, 0.1) is 0 Å². The Labute approximate surface area is 99.7 Å². The summed E-state index contributed by atoms with van der Waals surface area (Å²) in [5.41, 5.74) is 1.91. The van der Waals surface area contributed by atoms with Crippen LogP contribution < -0.4 is 10.8 Å². The molecule has 2 aromatic rings. The van der Waals surface area contributed by atoms with Gasteiger partial charge in [0.1, 0.15) is 5.65 Å². The zero-order valence-corrected chi connectivity index (χ0v) is 9.48. The van der Waals surface area contributed by atoms with Crippen molar-refractivity contribution in [3.63, 3.8) is 0 Å². The molecule has 17 heavy (non-hydrogen) atoms.